The summed E-state index contributed by atoms with van der Waals surface area (Å²) in [7, 11) is 0. The van der Waals surface area contributed by atoms with Crippen molar-refractivity contribution in [3.05, 3.63) is 11.6 Å². The Morgan fingerprint density at radius 3 is 2.21 bits per heavy atom. The third kappa shape index (κ3) is 2.09. The first kappa shape index (κ1) is 12.4. The topological polar surface area (TPSA) is 26.0 Å². The van der Waals surface area contributed by atoms with Gasteiger partial charge in [0.25, 0.3) is 0 Å². The van der Waals surface area contributed by atoms with Crippen molar-refractivity contribution in [2.75, 3.05) is 0 Å². The maximum absolute atomic E-state index is 6.85. The molecule has 4 fully saturated rings. The second kappa shape index (κ2) is 4.62. The Bertz CT molecular complexity index is 346. The van der Waals surface area contributed by atoms with E-state index in [1.807, 2.05) is 0 Å². The lowest BCUT2D eigenvalue weighted by Gasteiger charge is -2.59. The summed E-state index contributed by atoms with van der Waals surface area (Å²) >= 11 is 0. The zero-order valence-corrected chi connectivity index (χ0v) is 12.2. The molecule has 0 radical (unpaired) electrons. The van der Waals surface area contributed by atoms with E-state index in [0.29, 0.717) is 11.5 Å². The van der Waals surface area contributed by atoms with Crippen LogP contribution in [0.15, 0.2) is 11.6 Å². The summed E-state index contributed by atoms with van der Waals surface area (Å²) in [6.07, 6.45) is 18.2. The van der Waals surface area contributed by atoms with Crippen LogP contribution in [0.4, 0.5) is 0 Å². The number of nitrogens with two attached hydrogens (primary N) is 1. The van der Waals surface area contributed by atoms with Crippen molar-refractivity contribution in [1.82, 2.24) is 0 Å². The lowest BCUT2D eigenvalue weighted by molar-refractivity contribution is -0.0612. The quantitative estimate of drug-likeness (QED) is 0.730. The van der Waals surface area contributed by atoms with Gasteiger partial charge in [0.1, 0.15) is 0 Å². The molecule has 5 rings (SSSR count). The van der Waals surface area contributed by atoms with Crippen molar-refractivity contribution >= 4 is 0 Å². The van der Waals surface area contributed by atoms with E-state index < -0.39 is 0 Å². The molecule has 0 heterocycles. The molecule has 0 spiro atoms. The first-order valence-electron chi connectivity index (χ1n) is 8.70. The minimum absolute atomic E-state index is 0.402. The molecule has 0 aromatic carbocycles. The highest BCUT2D eigenvalue weighted by atomic mass is 14.7. The molecule has 5 aliphatic carbocycles. The van der Waals surface area contributed by atoms with Gasteiger partial charge in [-0.1, -0.05) is 18.1 Å². The summed E-state index contributed by atoms with van der Waals surface area (Å²) < 4.78 is 0. The lowest BCUT2D eigenvalue weighted by atomic mass is 9.47. The van der Waals surface area contributed by atoms with Gasteiger partial charge in [0.15, 0.2) is 0 Å². The molecule has 19 heavy (non-hydrogen) atoms. The molecule has 1 atom stereocenters. The van der Waals surface area contributed by atoms with Gasteiger partial charge in [-0.25, -0.2) is 0 Å². The van der Waals surface area contributed by atoms with E-state index in [4.69, 9.17) is 5.73 Å². The molecule has 1 nitrogen and oxygen atoms in total. The van der Waals surface area contributed by atoms with E-state index in [2.05, 4.69) is 6.08 Å². The zero-order valence-electron chi connectivity index (χ0n) is 12.2. The Morgan fingerprint density at radius 2 is 1.58 bits per heavy atom. The van der Waals surface area contributed by atoms with Crippen LogP contribution in [-0.2, 0) is 0 Å². The van der Waals surface area contributed by atoms with Gasteiger partial charge in [0.05, 0.1) is 0 Å². The van der Waals surface area contributed by atoms with Crippen LogP contribution in [0.1, 0.15) is 70.6 Å². The van der Waals surface area contributed by atoms with E-state index in [-0.39, 0.29) is 0 Å². The highest BCUT2D eigenvalue weighted by Gasteiger charge is 2.53. The monoisotopic (exact) mass is 259 g/mol. The predicted molar refractivity (Wildman–Crippen MR) is 79.7 cm³/mol. The summed E-state index contributed by atoms with van der Waals surface area (Å²) in [6, 6.07) is 0.402. The van der Waals surface area contributed by atoms with Crippen LogP contribution >= 0.6 is 0 Å². The van der Waals surface area contributed by atoms with Gasteiger partial charge in [-0.2, -0.15) is 0 Å². The van der Waals surface area contributed by atoms with Crippen LogP contribution in [0.5, 0.6) is 0 Å². The number of hydrogen-bond acceptors (Lipinski definition) is 1. The van der Waals surface area contributed by atoms with E-state index in [0.717, 1.165) is 17.8 Å². The van der Waals surface area contributed by atoms with Gasteiger partial charge in [-0.05, 0) is 87.4 Å². The zero-order chi connectivity index (χ0) is 12.9. The summed E-state index contributed by atoms with van der Waals surface area (Å²) in [5.41, 5.74) is 9.01. The Hall–Kier alpha value is -0.300. The van der Waals surface area contributed by atoms with E-state index in [9.17, 15) is 0 Å². The highest BCUT2D eigenvalue weighted by molar-refractivity contribution is 5.20. The van der Waals surface area contributed by atoms with Crippen LogP contribution in [0.2, 0.25) is 0 Å². The Kier molecular flexibility index (Phi) is 3.02. The molecular weight excluding hydrogens is 230 g/mol. The molecule has 0 amide bonds. The molecule has 2 N–H and O–H groups in total. The molecule has 4 saturated carbocycles. The van der Waals surface area contributed by atoms with Gasteiger partial charge in [-0.15, -0.1) is 0 Å². The molecular formula is C18H29N. The number of allylic oxidation sites excluding steroid dienone is 1. The van der Waals surface area contributed by atoms with Gasteiger partial charge < -0.3 is 5.73 Å². The van der Waals surface area contributed by atoms with Crippen molar-refractivity contribution in [2.45, 2.75) is 76.7 Å². The summed E-state index contributed by atoms with van der Waals surface area (Å²) in [6.45, 7) is 0. The predicted octanol–water partition coefficient (Wildman–Crippen LogP) is 4.42. The van der Waals surface area contributed by atoms with Crippen LogP contribution in [0.25, 0.3) is 0 Å². The smallest absolute Gasteiger partial charge is 0.0311 e. The van der Waals surface area contributed by atoms with Gasteiger partial charge >= 0.3 is 0 Å². The lowest BCUT2D eigenvalue weighted by Crippen LogP contribution is -2.55. The van der Waals surface area contributed by atoms with Crippen molar-refractivity contribution in [1.29, 1.82) is 0 Å². The van der Waals surface area contributed by atoms with Crippen molar-refractivity contribution < 1.29 is 0 Å². The van der Waals surface area contributed by atoms with Crippen LogP contribution < -0.4 is 5.73 Å². The molecule has 106 valence electrons. The average Bonchev–Trinajstić information content (AvgIpc) is 2.65. The van der Waals surface area contributed by atoms with E-state index >= 15 is 0 Å². The average molecular weight is 259 g/mol. The van der Waals surface area contributed by atoms with Crippen molar-refractivity contribution in [3.63, 3.8) is 0 Å². The van der Waals surface area contributed by atoms with Crippen LogP contribution in [-0.4, -0.2) is 6.04 Å². The normalized spacial score (nSPS) is 46.8. The standard InChI is InChI=1S/C18H29N/c19-17(16-5-3-1-2-4-6-16)18-10-13-7-14(11-18)9-15(8-13)12-18/h5,13-15,17H,1-4,6-12,19H2. The molecule has 0 aromatic rings. The number of hydrogen-bond donors (Lipinski definition) is 1. The number of rotatable bonds is 2. The first-order valence-corrected chi connectivity index (χ1v) is 8.70. The van der Waals surface area contributed by atoms with Crippen LogP contribution in [0.3, 0.4) is 0 Å². The minimum Gasteiger partial charge on any atom is -0.324 e. The van der Waals surface area contributed by atoms with Crippen LogP contribution in [0, 0.1) is 23.2 Å². The largest absolute Gasteiger partial charge is 0.324 e. The maximum atomic E-state index is 6.85. The fourth-order valence-electron chi connectivity index (χ4n) is 6.27. The molecule has 0 aromatic heterocycles. The Labute approximate surface area is 118 Å². The molecule has 5 aliphatic rings. The SMILES string of the molecule is NC(C1=CCCCCC1)C12CC3CC(CC(C3)C1)C2. The summed E-state index contributed by atoms with van der Waals surface area (Å²) in [5, 5.41) is 0. The van der Waals surface area contributed by atoms with Gasteiger partial charge in [0.2, 0.25) is 0 Å². The van der Waals surface area contributed by atoms with Gasteiger partial charge in [-0.3, -0.25) is 0 Å². The van der Waals surface area contributed by atoms with E-state index in [1.165, 1.54) is 70.6 Å². The second-order valence-corrected chi connectivity index (χ2v) is 8.14. The third-order valence-electron chi connectivity index (χ3n) is 6.72. The molecule has 0 aliphatic heterocycles. The second-order valence-electron chi connectivity index (χ2n) is 8.14. The molecule has 0 saturated heterocycles. The highest BCUT2D eigenvalue weighted by Crippen LogP contribution is 2.61. The van der Waals surface area contributed by atoms with E-state index in [1.54, 1.807) is 5.57 Å². The fraction of sp³-hybridized carbons (Fsp3) is 0.889. The van der Waals surface area contributed by atoms with Gasteiger partial charge in [0, 0.05) is 6.04 Å². The fourth-order valence-corrected chi connectivity index (χ4v) is 6.27. The minimum atomic E-state index is 0.402. The Balaban J connectivity index is 1.58. The summed E-state index contributed by atoms with van der Waals surface area (Å²) in [4.78, 5) is 0. The molecule has 1 heteroatoms. The maximum Gasteiger partial charge on any atom is 0.0311 e. The molecule has 4 bridgehead atoms. The molecule has 1 unspecified atom stereocenters. The summed E-state index contributed by atoms with van der Waals surface area (Å²) in [5.74, 6) is 3.09. The van der Waals surface area contributed by atoms with Crippen molar-refractivity contribution in [3.8, 4) is 0 Å². The third-order valence-corrected chi connectivity index (χ3v) is 6.72. The van der Waals surface area contributed by atoms with Crippen molar-refractivity contribution in [2.24, 2.45) is 28.9 Å². The Morgan fingerprint density at radius 1 is 0.947 bits per heavy atom. The first-order chi connectivity index (χ1) is 9.25.